The predicted molar refractivity (Wildman–Crippen MR) is 69.4 cm³/mol. The molecule has 1 heterocycles. The lowest BCUT2D eigenvalue weighted by Crippen LogP contribution is -2.22. The number of nitrogens with two attached hydrogens (primary N) is 1. The highest BCUT2D eigenvalue weighted by molar-refractivity contribution is 7.89. The molecule has 0 amide bonds. The van der Waals surface area contributed by atoms with Crippen molar-refractivity contribution in [2.45, 2.75) is 52.7 Å². The number of hydrogen-bond donors (Lipinski definition) is 1. The van der Waals surface area contributed by atoms with Crippen molar-refractivity contribution in [2.24, 2.45) is 16.5 Å². The third-order valence-corrected chi connectivity index (χ3v) is 3.10. The Morgan fingerprint density at radius 2 is 1.83 bits per heavy atom. The third-order valence-electron chi connectivity index (χ3n) is 2.28. The van der Waals surface area contributed by atoms with E-state index in [0.29, 0.717) is 24.7 Å². The van der Waals surface area contributed by atoms with Gasteiger partial charge in [-0.2, -0.15) is 0 Å². The van der Waals surface area contributed by atoms with Crippen LogP contribution in [0.1, 0.15) is 40.4 Å². The maximum atomic E-state index is 11.5. The second-order valence-electron chi connectivity index (χ2n) is 6.19. The van der Waals surface area contributed by atoms with Crippen molar-refractivity contribution in [1.82, 2.24) is 14.8 Å². The van der Waals surface area contributed by atoms with Gasteiger partial charge >= 0.3 is 0 Å². The molecule has 1 aromatic heterocycles. The Labute approximate surface area is 109 Å². The van der Waals surface area contributed by atoms with Gasteiger partial charge in [0.05, 0.1) is 0 Å². The first-order chi connectivity index (χ1) is 8.00. The first-order valence-electron chi connectivity index (χ1n) is 5.95. The van der Waals surface area contributed by atoms with Crippen LogP contribution in [0.25, 0.3) is 0 Å². The fraction of sp³-hybridized carbons (Fsp3) is 0.818. The summed E-state index contributed by atoms with van der Waals surface area (Å²) >= 11 is 0. The van der Waals surface area contributed by atoms with E-state index in [1.807, 2.05) is 13.8 Å². The van der Waals surface area contributed by atoms with Crippen LogP contribution >= 0.6 is 0 Å². The number of nitrogens with zero attached hydrogens (tertiary/aromatic N) is 3. The minimum absolute atomic E-state index is 0.0113. The van der Waals surface area contributed by atoms with E-state index in [2.05, 4.69) is 31.0 Å². The van der Waals surface area contributed by atoms with Gasteiger partial charge in [0.15, 0.2) is 0 Å². The zero-order valence-electron chi connectivity index (χ0n) is 11.6. The first kappa shape index (κ1) is 15.1. The number of hydrogen-bond acceptors (Lipinski definition) is 4. The molecule has 0 atom stereocenters. The molecule has 1 rings (SSSR count). The molecular formula is C11H22N4O2S. The van der Waals surface area contributed by atoms with Crippen molar-refractivity contribution in [3.05, 3.63) is 5.82 Å². The Morgan fingerprint density at radius 3 is 2.22 bits per heavy atom. The van der Waals surface area contributed by atoms with Crippen LogP contribution in [0.4, 0.5) is 0 Å². The second-order valence-corrected chi connectivity index (χ2v) is 7.64. The lowest BCUT2D eigenvalue weighted by atomic mass is 9.92. The molecule has 6 nitrogen and oxygen atoms in total. The summed E-state index contributed by atoms with van der Waals surface area (Å²) in [6.45, 7) is 10.8. The zero-order valence-corrected chi connectivity index (χ0v) is 12.5. The summed E-state index contributed by atoms with van der Waals surface area (Å²) in [5.41, 5.74) is 0.0113. The number of aromatic nitrogens is 3. The summed E-state index contributed by atoms with van der Waals surface area (Å²) < 4.78 is 24.6. The second kappa shape index (κ2) is 4.97. The molecule has 0 aliphatic carbocycles. The van der Waals surface area contributed by atoms with Gasteiger partial charge in [-0.05, 0) is 11.3 Å². The average Bonchev–Trinajstić information content (AvgIpc) is 2.43. The molecule has 1 aromatic rings. The monoisotopic (exact) mass is 274 g/mol. The van der Waals surface area contributed by atoms with Crippen LogP contribution in [0, 0.1) is 11.3 Å². The van der Waals surface area contributed by atoms with Crippen LogP contribution in [-0.4, -0.2) is 23.2 Å². The molecule has 0 aliphatic heterocycles. The molecule has 18 heavy (non-hydrogen) atoms. The topological polar surface area (TPSA) is 90.9 Å². The van der Waals surface area contributed by atoms with Gasteiger partial charge in [-0.1, -0.05) is 34.6 Å². The molecule has 0 unspecified atom stereocenters. The van der Waals surface area contributed by atoms with Crippen molar-refractivity contribution in [2.75, 3.05) is 0 Å². The van der Waals surface area contributed by atoms with Crippen LogP contribution in [0.3, 0.4) is 0 Å². The first-order valence-corrected chi connectivity index (χ1v) is 7.50. The average molecular weight is 274 g/mol. The summed E-state index contributed by atoms with van der Waals surface area (Å²) in [6.07, 6.45) is 0.655. The van der Waals surface area contributed by atoms with Crippen LogP contribution in [0.2, 0.25) is 0 Å². The van der Waals surface area contributed by atoms with Gasteiger partial charge in [-0.15, -0.1) is 10.2 Å². The lowest BCUT2D eigenvalue weighted by molar-refractivity contribution is 0.378. The van der Waals surface area contributed by atoms with Crippen molar-refractivity contribution >= 4 is 10.0 Å². The normalized spacial score (nSPS) is 13.3. The summed E-state index contributed by atoms with van der Waals surface area (Å²) in [4.78, 5) is 0. The summed E-state index contributed by atoms with van der Waals surface area (Å²) in [5.74, 6) is 0.959. The van der Waals surface area contributed by atoms with E-state index in [4.69, 9.17) is 5.14 Å². The Balaban J connectivity index is 3.24. The van der Waals surface area contributed by atoms with Crippen LogP contribution in [-0.2, 0) is 23.0 Å². The van der Waals surface area contributed by atoms with E-state index in [1.165, 1.54) is 0 Å². The van der Waals surface area contributed by atoms with Crippen molar-refractivity contribution < 1.29 is 8.42 Å². The number of primary sulfonamides is 1. The molecular weight excluding hydrogens is 252 g/mol. The largest absolute Gasteiger partial charge is 0.300 e. The van der Waals surface area contributed by atoms with Crippen LogP contribution in [0.15, 0.2) is 5.16 Å². The predicted octanol–water partition coefficient (Wildman–Crippen LogP) is 1.17. The fourth-order valence-electron chi connectivity index (χ4n) is 1.68. The molecule has 0 aromatic carbocycles. The Hall–Kier alpha value is -0.950. The highest BCUT2D eigenvalue weighted by atomic mass is 32.2. The molecule has 0 radical (unpaired) electrons. The zero-order chi connectivity index (χ0) is 14.1. The van der Waals surface area contributed by atoms with Gasteiger partial charge in [0.25, 0.3) is 15.2 Å². The Bertz CT molecular complexity index is 512. The Kier molecular flexibility index (Phi) is 4.17. The van der Waals surface area contributed by atoms with Gasteiger partial charge in [0.2, 0.25) is 0 Å². The summed E-state index contributed by atoms with van der Waals surface area (Å²) in [6, 6.07) is 0. The molecule has 0 aliphatic rings. The molecule has 7 heteroatoms. The standard InChI is InChI=1S/C11H22N4O2S/c1-8(2)7-15-9(6-11(3,4)5)13-14-10(15)18(12,16)17/h8H,6-7H2,1-5H3,(H2,12,16,17). The lowest BCUT2D eigenvalue weighted by Gasteiger charge is -2.19. The number of sulfonamides is 1. The van der Waals surface area contributed by atoms with Gasteiger partial charge < -0.3 is 4.57 Å². The molecule has 0 saturated heterocycles. The quantitative estimate of drug-likeness (QED) is 0.892. The smallest absolute Gasteiger partial charge is 0.273 e. The minimum Gasteiger partial charge on any atom is -0.300 e. The van der Waals surface area contributed by atoms with E-state index >= 15 is 0 Å². The summed E-state index contributed by atoms with van der Waals surface area (Å²) in [5, 5.41) is 12.7. The van der Waals surface area contributed by atoms with Crippen LogP contribution < -0.4 is 5.14 Å². The molecule has 0 spiro atoms. The maximum Gasteiger partial charge on any atom is 0.273 e. The maximum absolute atomic E-state index is 11.5. The van der Waals surface area contributed by atoms with E-state index in [0.717, 1.165) is 0 Å². The van der Waals surface area contributed by atoms with Crippen molar-refractivity contribution in [3.63, 3.8) is 0 Å². The molecule has 0 saturated carbocycles. The molecule has 2 N–H and O–H groups in total. The van der Waals surface area contributed by atoms with Gasteiger partial charge in [-0.3, -0.25) is 0 Å². The highest BCUT2D eigenvalue weighted by Gasteiger charge is 2.24. The minimum atomic E-state index is -3.82. The van der Waals surface area contributed by atoms with Gasteiger partial charge in [0.1, 0.15) is 5.82 Å². The van der Waals surface area contributed by atoms with E-state index in [1.54, 1.807) is 4.57 Å². The van der Waals surface area contributed by atoms with Crippen molar-refractivity contribution in [3.8, 4) is 0 Å². The highest BCUT2D eigenvalue weighted by Crippen LogP contribution is 2.21. The SMILES string of the molecule is CC(C)Cn1c(CC(C)(C)C)nnc1S(N)(=O)=O. The van der Waals surface area contributed by atoms with E-state index in [9.17, 15) is 8.42 Å². The van der Waals surface area contributed by atoms with Crippen LogP contribution in [0.5, 0.6) is 0 Å². The molecule has 104 valence electrons. The fourth-order valence-corrected chi connectivity index (χ4v) is 2.32. The van der Waals surface area contributed by atoms with Gasteiger partial charge in [0, 0.05) is 13.0 Å². The van der Waals surface area contributed by atoms with E-state index in [-0.39, 0.29) is 10.6 Å². The molecule has 0 bridgehead atoms. The molecule has 0 fully saturated rings. The summed E-state index contributed by atoms with van der Waals surface area (Å²) in [7, 11) is -3.82. The van der Waals surface area contributed by atoms with Crippen molar-refractivity contribution in [1.29, 1.82) is 0 Å². The Morgan fingerprint density at radius 1 is 1.28 bits per heavy atom. The van der Waals surface area contributed by atoms with Gasteiger partial charge in [-0.25, -0.2) is 13.6 Å². The third kappa shape index (κ3) is 4.06. The number of rotatable bonds is 4. The van der Waals surface area contributed by atoms with E-state index < -0.39 is 10.0 Å².